The third-order valence-corrected chi connectivity index (χ3v) is 6.61. The molecule has 0 heterocycles. The molecule has 0 saturated heterocycles. The van der Waals surface area contributed by atoms with E-state index in [9.17, 15) is 26.8 Å². The molecule has 0 spiro atoms. The summed E-state index contributed by atoms with van der Waals surface area (Å²) in [5, 5.41) is 9.07. The minimum absolute atomic E-state index is 0.0207. The molecule has 0 aliphatic carbocycles. The summed E-state index contributed by atoms with van der Waals surface area (Å²) in [4.78, 5) is 26.1. The van der Waals surface area contributed by atoms with Gasteiger partial charge in [-0.25, -0.2) is 22.0 Å². The first-order valence-electron chi connectivity index (χ1n) is 10.5. The third-order valence-electron chi connectivity index (χ3n) is 4.91. The molecule has 0 aliphatic heterocycles. The van der Waals surface area contributed by atoms with Crippen LogP contribution >= 0.6 is 0 Å². The molecule has 5 N–H and O–H groups in total. The van der Waals surface area contributed by atoms with Gasteiger partial charge in [0.25, 0.3) is 5.91 Å². The fourth-order valence-electron chi connectivity index (χ4n) is 3.21. The second-order valence-electron chi connectivity index (χ2n) is 7.82. The van der Waals surface area contributed by atoms with Gasteiger partial charge in [-0.3, -0.25) is 4.79 Å². The van der Waals surface area contributed by atoms with Crippen molar-refractivity contribution in [2.24, 2.45) is 16.5 Å². The number of nitrogens with two attached hydrogens (primary N) is 2. The minimum Gasteiger partial charge on any atom is -0.478 e. The van der Waals surface area contributed by atoms with Crippen LogP contribution in [0, 0.1) is 11.6 Å². The maximum Gasteiger partial charge on any atom is 0.335 e. The van der Waals surface area contributed by atoms with E-state index in [-0.39, 0.29) is 32.9 Å². The summed E-state index contributed by atoms with van der Waals surface area (Å²) in [5.74, 6) is -5.75. The SMILES string of the molecule is C/C(=C\c1cc(F)c(Oc2ccc(S(=O)(=O)Cc3cccc(C(=O)O)c3)cc2)c(F)c1)C(=O)N=C(N)N. The molecule has 0 radical (unpaired) electrons. The van der Waals surface area contributed by atoms with Gasteiger partial charge in [-0.15, -0.1) is 0 Å². The van der Waals surface area contributed by atoms with Gasteiger partial charge in [-0.1, -0.05) is 12.1 Å². The van der Waals surface area contributed by atoms with Gasteiger partial charge >= 0.3 is 5.97 Å². The van der Waals surface area contributed by atoms with Gasteiger partial charge in [0.1, 0.15) is 5.75 Å². The Bertz CT molecular complexity index is 1510. The molecule has 3 rings (SSSR count). The van der Waals surface area contributed by atoms with E-state index in [2.05, 4.69) is 4.99 Å². The summed E-state index contributed by atoms with van der Waals surface area (Å²) < 4.78 is 59.9. The molecular formula is C25H21F2N3O6S. The number of amides is 1. The standard InChI is InChI=1S/C25H21F2N3O6S/c1-14(23(31)30-25(28)29)9-16-11-20(26)22(21(27)12-16)36-18-5-7-19(8-6-18)37(34,35)13-15-3-2-4-17(10-15)24(32)33/h2-12H,13H2,1H3,(H,32,33)(H4,28,29,30,31)/b14-9+. The number of benzene rings is 3. The van der Waals surface area contributed by atoms with Crippen LogP contribution in [0.5, 0.6) is 11.5 Å². The molecule has 0 aromatic heterocycles. The largest absolute Gasteiger partial charge is 0.478 e. The smallest absolute Gasteiger partial charge is 0.335 e. The van der Waals surface area contributed by atoms with Crippen LogP contribution in [-0.4, -0.2) is 31.4 Å². The first-order chi connectivity index (χ1) is 17.4. The summed E-state index contributed by atoms with van der Waals surface area (Å²) in [6.07, 6.45) is 1.19. The zero-order chi connectivity index (χ0) is 27.3. The molecule has 0 aliphatic rings. The number of aromatic carboxylic acids is 1. The number of carboxylic acid groups (broad SMARTS) is 1. The van der Waals surface area contributed by atoms with Gasteiger partial charge in [0.2, 0.25) is 0 Å². The van der Waals surface area contributed by atoms with Crippen LogP contribution in [0.1, 0.15) is 28.4 Å². The van der Waals surface area contributed by atoms with Crippen LogP contribution in [0.3, 0.4) is 0 Å². The predicted molar refractivity (Wildman–Crippen MR) is 132 cm³/mol. The van der Waals surface area contributed by atoms with Crippen LogP contribution in [0.4, 0.5) is 8.78 Å². The van der Waals surface area contributed by atoms with E-state index in [0.717, 1.165) is 12.1 Å². The van der Waals surface area contributed by atoms with Gasteiger partial charge < -0.3 is 21.3 Å². The van der Waals surface area contributed by atoms with Crippen LogP contribution in [0.15, 0.2) is 76.1 Å². The number of nitrogens with zero attached hydrogens (tertiary/aromatic N) is 1. The molecule has 3 aromatic rings. The van der Waals surface area contributed by atoms with E-state index >= 15 is 0 Å². The summed E-state index contributed by atoms with van der Waals surface area (Å²) in [5.41, 5.74) is 10.6. The Labute approximate surface area is 210 Å². The van der Waals surface area contributed by atoms with E-state index in [1.807, 2.05) is 0 Å². The van der Waals surface area contributed by atoms with Crippen molar-refractivity contribution in [3.05, 3.63) is 94.6 Å². The molecule has 0 unspecified atom stereocenters. The van der Waals surface area contributed by atoms with Gasteiger partial charge in [0, 0.05) is 5.57 Å². The molecule has 9 nitrogen and oxygen atoms in total. The number of ether oxygens (including phenoxy) is 1. The molecule has 0 atom stereocenters. The highest BCUT2D eigenvalue weighted by Gasteiger charge is 2.18. The Morgan fingerprint density at radius 3 is 2.22 bits per heavy atom. The normalized spacial score (nSPS) is 11.6. The van der Waals surface area contributed by atoms with E-state index in [4.69, 9.17) is 21.3 Å². The van der Waals surface area contributed by atoms with E-state index in [1.165, 1.54) is 61.5 Å². The monoisotopic (exact) mass is 529 g/mol. The first-order valence-corrected chi connectivity index (χ1v) is 12.1. The molecule has 0 fully saturated rings. The van der Waals surface area contributed by atoms with Crippen molar-refractivity contribution in [1.82, 2.24) is 0 Å². The maximum absolute atomic E-state index is 14.6. The lowest BCUT2D eigenvalue weighted by Gasteiger charge is -2.10. The Balaban J connectivity index is 1.78. The van der Waals surface area contributed by atoms with Crippen molar-refractivity contribution in [3.8, 4) is 11.5 Å². The number of carboxylic acids is 1. The number of sulfone groups is 1. The fourth-order valence-corrected chi connectivity index (χ4v) is 4.54. The van der Waals surface area contributed by atoms with E-state index in [1.54, 1.807) is 0 Å². The highest BCUT2D eigenvalue weighted by atomic mass is 32.2. The van der Waals surface area contributed by atoms with Crippen molar-refractivity contribution in [2.75, 3.05) is 0 Å². The summed E-state index contributed by atoms with van der Waals surface area (Å²) >= 11 is 0. The number of hydrogen-bond acceptors (Lipinski definition) is 5. The van der Waals surface area contributed by atoms with Crippen molar-refractivity contribution in [1.29, 1.82) is 0 Å². The molecule has 3 aromatic carbocycles. The summed E-state index contributed by atoms with van der Waals surface area (Å²) in [6.45, 7) is 1.37. The number of hydrogen-bond donors (Lipinski definition) is 3. The number of carbonyl (C=O) groups excluding carboxylic acids is 1. The molecule has 37 heavy (non-hydrogen) atoms. The van der Waals surface area contributed by atoms with Crippen molar-refractivity contribution < 1.29 is 36.6 Å². The van der Waals surface area contributed by atoms with Crippen molar-refractivity contribution >= 4 is 33.7 Å². The Morgan fingerprint density at radius 2 is 1.65 bits per heavy atom. The number of aliphatic imine (C=N–C) groups is 1. The number of carbonyl (C=O) groups is 2. The van der Waals surface area contributed by atoms with Crippen LogP contribution in [0.2, 0.25) is 0 Å². The second-order valence-corrected chi connectivity index (χ2v) is 9.81. The highest BCUT2D eigenvalue weighted by molar-refractivity contribution is 7.90. The lowest BCUT2D eigenvalue weighted by atomic mass is 10.1. The Hall–Kier alpha value is -4.58. The molecule has 12 heteroatoms. The van der Waals surface area contributed by atoms with Gasteiger partial charge in [0.15, 0.2) is 33.2 Å². The molecular weight excluding hydrogens is 508 g/mol. The van der Waals surface area contributed by atoms with Crippen LogP contribution in [-0.2, 0) is 20.4 Å². The number of guanidine groups is 1. The molecule has 192 valence electrons. The zero-order valence-electron chi connectivity index (χ0n) is 19.3. The second kappa shape index (κ2) is 11.0. The van der Waals surface area contributed by atoms with Crippen LogP contribution < -0.4 is 16.2 Å². The maximum atomic E-state index is 14.6. The lowest BCUT2D eigenvalue weighted by Crippen LogP contribution is -2.24. The van der Waals surface area contributed by atoms with Gasteiger partial charge in [-0.05, 0) is 72.7 Å². The zero-order valence-corrected chi connectivity index (χ0v) is 20.1. The quantitative estimate of drug-likeness (QED) is 0.226. The topological polar surface area (TPSA) is 162 Å². The summed E-state index contributed by atoms with van der Waals surface area (Å²) in [7, 11) is -3.85. The predicted octanol–water partition coefficient (Wildman–Crippen LogP) is 3.63. The molecule has 1 amide bonds. The Morgan fingerprint density at radius 1 is 1.03 bits per heavy atom. The highest BCUT2D eigenvalue weighted by Crippen LogP contribution is 2.30. The van der Waals surface area contributed by atoms with E-state index in [0.29, 0.717) is 0 Å². The number of rotatable bonds is 8. The number of halogens is 2. The lowest BCUT2D eigenvalue weighted by molar-refractivity contribution is -0.114. The minimum atomic E-state index is -3.85. The average Bonchev–Trinajstić information content (AvgIpc) is 2.81. The van der Waals surface area contributed by atoms with E-state index < -0.39 is 50.8 Å². The van der Waals surface area contributed by atoms with Crippen molar-refractivity contribution in [2.45, 2.75) is 17.6 Å². The van der Waals surface area contributed by atoms with Crippen LogP contribution in [0.25, 0.3) is 6.08 Å². The fraction of sp³-hybridized carbons (Fsp3) is 0.0800. The molecule has 0 bridgehead atoms. The van der Waals surface area contributed by atoms with Crippen molar-refractivity contribution in [3.63, 3.8) is 0 Å². The van der Waals surface area contributed by atoms with Gasteiger partial charge in [0.05, 0.1) is 16.2 Å². The average molecular weight is 530 g/mol. The Kier molecular flexibility index (Phi) is 8.03. The summed E-state index contributed by atoms with van der Waals surface area (Å²) in [6, 6.07) is 12.3. The first kappa shape index (κ1) is 27.0. The van der Waals surface area contributed by atoms with Gasteiger partial charge in [-0.2, -0.15) is 4.99 Å². The third kappa shape index (κ3) is 6.98. The molecule has 0 saturated carbocycles.